The Balaban J connectivity index is 1.66. The Morgan fingerprint density at radius 2 is 2.04 bits per heavy atom. The van der Waals surface area contributed by atoms with Crippen LogP contribution in [-0.2, 0) is 11.3 Å². The fraction of sp³-hybridized carbons (Fsp3) is 0.0952. The number of allylic oxidation sites excluding steroid dienone is 2. The molecule has 26 heavy (non-hydrogen) atoms. The van der Waals surface area contributed by atoms with Crippen LogP contribution in [0, 0.1) is 15.4 Å². The number of carbonyl (C=O) groups excluding carboxylic acids is 1. The van der Waals surface area contributed by atoms with Crippen molar-refractivity contribution in [3.05, 3.63) is 75.2 Å². The molecule has 1 aliphatic rings. The van der Waals surface area contributed by atoms with Crippen LogP contribution in [0.15, 0.2) is 60.5 Å². The summed E-state index contributed by atoms with van der Waals surface area (Å²) < 4.78 is 13.8. The Labute approximate surface area is 164 Å². The van der Waals surface area contributed by atoms with Crippen molar-refractivity contribution in [2.24, 2.45) is 0 Å². The van der Waals surface area contributed by atoms with Crippen LogP contribution in [0.2, 0.25) is 0 Å². The van der Waals surface area contributed by atoms with Crippen LogP contribution in [0.5, 0.6) is 5.75 Å². The molecule has 0 amide bonds. The number of para-hydroxylation sites is 1. The Bertz CT molecular complexity index is 1100. The highest BCUT2D eigenvalue weighted by Crippen LogP contribution is 2.30. The molecule has 1 aliphatic heterocycles. The van der Waals surface area contributed by atoms with E-state index in [1.54, 1.807) is 19.3 Å². The third-order valence-corrected chi connectivity index (χ3v) is 5.02. The Morgan fingerprint density at radius 3 is 2.81 bits per heavy atom. The number of esters is 1. The van der Waals surface area contributed by atoms with Crippen LogP contribution in [0.4, 0.5) is 0 Å². The highest BCUT2D eigenvalue weighted by Gasteiger charge is 2.22. The lowest BCUT2D eigenvalue weighted by Gasteiger charge is -2.03. The Morgan fingerprint density at radius 1 is 1.23 bits per heavy atom. The van der Waals surface area contributed by atoms with E-state index in [2.05, 4.69) is 34.4 Å². The molecule has 0 bridgehead atoms. The molecular weight excluding hydrogens is 441 g/mol. The summed E-state index contributed by atoms with van der Waals surface area (Å²) in [6.07, 6.45) is 3.69. The summed E-state index contributed by atoms with van der Waals surface area (Å²) in [5.41, 5.74) is 2.36. The number of benzene rings is 2. The molecule has 0 saturated heterocycles. The van der Waals surface area contributed by atoms with E-state index in [0.29, 0.717) is 17.9 Å². The second kappa shape index (κ2) is 6.89. The number of carbonyl (C=O) groups is 1. The first-order chi connectivity index (χ1) is 12.7. The zero-order valence-corrected chi connectivity index (χ0v) is 16.1. The molecule has 5 heteroatoms. The zero-order valence-electron chi connectivity index (χ0n) is 14.0. The minimum absolute atomic E-state index is 0.346. The van der Waals surface area contributed by atoms with Crippen molar-refractivity contribution in [2.75, 3.05) is 7.11 Å². The van der Waals surface area contributed by atoms with E-state index in [1.807, 2.05) is 47.2 Å². The van der Waals surface area contributed by atoms with Crippen LogP contribution in [0.1, 0.15) is 15.9 Å². The fourth-order valence-electron chi connectivity index (χ4n) is 2.93. The standard InChI is InChI=1S/C21H14INO3/c1-25-15-10-8-14(9-11-15)4-2-5-16-12-23-13-19(22)17-6-3-7-18(20(17)23)21(24)26-16/h3,5-11,13H,12H2,1H3/b16-5+. The van der Waals surface area contributed by atoms with E-state index in [-0.39, 0.29) is 5.97 Å². The number of hydrogen-bond donors (Lipinski definition) is 0. The largest absolute Gasteiger partial charge is 0.497 e. The number of cyclic esters (lactones) is 1. The first kappa shape index (κ1) is 16.7. The lowest BCUT2D eigenvalue weighted by atomic mass is 10.1. The smallest absolute Gasteiger partial charge is 0.345 e. The third kappa shape index (κ3) is 3.08. The van der Waals surface area contributed by atoms with Crippen molar-refractivity contribution < 1.29 is 14.3 Å². The van der Waals surface area contributed by atoms with Gasteiger partial charge in [0.05, 0.1) is 24.7 Å². The van der Waals surface area contributed by atoms with Gasteiger partial charge in [0.15, 0.2) is 0 Å². The average molecular weight is 455 g/mol. The van der Waals surface area contributed by atoms with Gasteiger partial charge in [-0.1, -0.05) is 24.0 Å². The molecule has 0 aliphatic carbocycles. The molecule has 3 aromatic rings. The quantitative estimate of drug-likeness (QED) is 0.311. The summed E-state index contributed by atoms with van der Waals surface area (Å²) in [7, 11) is 1.63. The van der Waals surface area contributed by atoms with Gasteiger partial charge in [-0.25, -0.2) is 4.79 Å². The second-order valence-electron chi connectivity index (χ2n) is 5.80. The summed E-state index contributed by atoms with van der Waals surface area (Å²) >= 11 is 2.29. The van der Waals surface area contributed by atoms with Crippen LogP contribution in [0.3, 0.4) is 0 Å². The molecule has 1 aromatic heterocycles. The third-order valence-electron chi connectivity index (χ3n) is 4.16. The van der Waals surface area contributed by atoms with Crippen molar-refractivity contribution in [1.82, 2.24) is 4.57 Å². The maximum absolute atomic E-state index is 12.5. The molecule has 128 valence electrons. The normalized spacial score (nSPS) is 14.5. The summed E-state index contributed by atoms with van der Waals surface area (Å²) in [6.45, 7) is 0.472. The van der Waals surface area contributed by atoms with Crippen LogP contribution >= 0.6 is 22.6 Å². The minimum Gasteiger partial charge on any atom is -0.497 e. The van der Waals surface area contributed by atoms with Crippen molar-refractivity contribution >= 4 is 39.5 Å². The number of aromatic nitrogens is 1. The van der Waals surface area contributed by atoms with Gasteiger partial charge in [0, 0.05) is 26.8 Å². The van der Waals surface area contributed by atoms with Gasteiger partial charge in [-0.3, -0.25) is 0 Å². The topological polar surface area (TPSA) is 40.5 Å². The molecule has 0 unspecified atom stereocenters. The van der Waals surface area contributed by atoms with E-state index in [0.717, 1.165) is 25.8 Å². The van der Waals surface area contributed by atoms with E-state index < -0.39 is 0 Å². The highest BCUT2D eigenvalue weighted by atomic mass is 127. The molecule has 0 saturated carbocycles. The van der Waals surface area contributed by atoms with Gasteiger partial charge in [0.1, 0.15) is 11.5 Å². The van der Waals surface area contributed by atoms with Gasteiger partial charge < -0.3 is 14.0 Å². The Hall–Kier alpha value is -2.72. The minimum atomic E-state index is -0.346. The van der Waals surface area contributed by atoms with Crippen molar-refractivity contribution in [3.8, 4) is 17.6 Å². The highest BCUT2D eigenvalue weighted by molar-refractivity contribution is 14.1. The number of nitrogens with zero attached hydrogens (tertiary/aromatic N) is 1. The zero-order chi connectivity index (χ0) is 18.1. The maximum Gasteiger partial charge on any atom is 0.345 e. The maximum atomic E-state index is 12.5. The van der Waals surface area contributed by atoms with E-state index in [1.165, 1.54) is 0 Å². The van der Waals surface area contributed by atoms with Gasteiger partial charge in [-0.2, -0.15) is 0 Å². The molecule has 2 aromatic carbocycles. The summed E-state index contributed by atoms with van der Waals surface area (Å²) in [6, 6.07) is 13.2. The monoisotopic (exact) mass is 455 g/mol. The molecule has 2 heterocycles. The lowest BCUT2D eigenvalue weighted by molar-refractivity contribution is 0.0620. The van der Waals surface area contributed by atoms with E-state index in [4.69, 9.17) is 9.47 Å². The first-order valence-electron chi connectivity index (χ1n) is 8.00. The number of hydrogen-bond acceptors (Lipinski definition) is 3. The number of ether oxygens (including phenoxy) is 2. The SMILES string of the molecule is COc1ccc(C#C/C=C2\Cn3cc(I)c4cccc(c43)C(=O)O2)cc1. The van der Waals surface area contributed by atoms with Gasteiger partial charge >= 0.3 is 5.97 Å². The van der Waals surface area contributed by atoms with E-state index in [9.17, 15) is 4.79 Å². The molecule has 0 atom stereocenters. The van der Waals surface area contributed by atoms with E-state index >= 15 is 0 Å². The van der Waals surface area contributed by atoms with Crippen molar-refractivity contribution in [1.29, 1.82) is 0 Å². The second-order valence-corrected chi connectivity index (χ2v) is 6.97. The van der Waals surface area contributed by atoms with Crippen molar-refractivity contribution in [2.45, 2.75) is 6.54 Å². The van der Waals surface area contributed by atoms with Crippen LogP contribution in [0.25, 0.3) is 10.9 Å². The molecule has 4 nitrogen and oxygen atoms in total. The Kier molecular flexibility index (Phi) is 4.43. The number of methoxy groups -OCH3 is 1. The number of rotatable bonds is 1. The molecule has 0 fully saturated rings. The van der Waals surface area contributed by atoms with Gasteiger partial charge in [-0.15, -0.1) is 0 Å². The predicted molar refractivity (Wildman–Crippen MR) is 108 cm³/mol. The van der Waals surface area contributed by atoms with Gasteiger partial charge in [0.25, 0.3) is 0 Å². The molecular formula is C21H14INO3. The average Bonchev–Trinajstić information content (AvgIpc) is 2.90. The number of halogens is 1. The van der Waals surface area contributed by atoms with Gasteiger partial charge in [0.2, 0.25) is 0 Å². The van der Waals surface area contributed by atoms with Crippen LogP contribution in [-0.4, -0.2) is 17.6 Å². The predicted octanol–water partition coefficient (Wildman–Crippen LogP) is 4.36. The first-order valence-corrected chi connectivity index (χ1v) is 9.08. The molecule has 4 rings (SSSR count). The van der Waals surface area contributed by atoms with Crippen LogP contribution < -0.4 is 4.74 Å². The fourth-order valence-corrected chi connectivity index (χ4v) is 3.70. The molecule has 0 spiro atoms. The summed E-state index contributed by atoms with van der Waals surface area (Å²) in [4.78, 5) is 12.5. The van der Waals surface area contributed by atoms with Crippen molar-refractivity contribution in [3.63, 3.8) is 0 Å². The summed E-state index contributed by atoms with van der Waals surface area (Å²) in [5.74, 6) is 6.99. The molecule has 0 radical (unpaired) electrons. The molecule has 0 N–H and O–H groups in total. The lowest BCUT2D eigenvalue weighted by Crippen LogP contribution is -2.04. The summed E-state index contributed by atoms with van der Waals surface area (Å²) in [5, 5.41) is 1.06. The van der Waals surface area contributed by atoms with Gasteiger partial charge in [-0.05, 0) is 52.9 Å².